The summed E-state index contributed by atoms with van der Waals surface area (Å²) < 4.78 is 4.83. The van der Waals surface area contributed by atoms with Gasteiger partial charge in [-0.2, -0.15) is 0 Å². The molecule has 0 saturated carbocycles. The van der Waals surface area contributed by atoms with Crippen molar-refractivity contribution >= 4 is 5.97 Å². The Bertz CT molecular complexity index is 197. The van der Waals surface area contributed by atoms with Gasteiger partial charge in [-0.3, -0.25) is 0 Å². The van der Waals surface area contributed by atoms with Crippen LogP contribution >= 0.6 is 0 Å². The number of carbonyl (C=O) groups is 1. The number of hydrogen-bond acceptors (Lipinski definition) is 3. The smallest absolute Gasteiger partial charge is 0.333 e. The number of unbranched alkanes of at least 4 members (excludes halogenated alkanes) is 3. The molecule has 0 spiro atoms. The van der Waals surface area contributed by atoms with E-state index in [-0.39, 0.29) is 12.6 Å². The van der Waals surface area contributed by atoms with Gasteiger partial charge in [-0.25, -0.2) is 4.79 Å². The van der Waals surface area contributed by atoms with Gasteiger partial charge in [0.25, 0.3) is 0 Å². The Labute approximate surface area is 92.1 Å². The monoisotopic (exact) mass is 214 g/mol. The Morgan fingerprint density at radius 1 is 1.40 bits per heavy atom. The highest BCUT2D eigenvalue weighted by Crippen LogP contribution is 2.09. The van der Waals surface area contributed by atoms with Crippen molar-refractivity contribution in [2.45, 2.75) is 52.1 Å². The van der Waals surface area contributed by atoms with Crippen LogP contribution in [0.15, 0.2) is 12.2 Å². The van der Waals surface area contributed by atoms with E-state index in [4.69, 9.17) is 9.84 Å². The molecule has 0 fully saturated rings. The number of hydrogen-bond donors (Lipinski definition) is 1. The van der Waals surface area contributed by atoms with E-state index in [0.717, 1.165) is 12.8 Å². The zero-order valence-corrected chi connectivity index (χ0v) is 9.79. The molecule has 0 radical (unpaired) electrons. The molecule has 3 heteroatoms. The molecule has 3 nitrogen and oxygen atoms in total. The average molecular weight is 214 g/mol. The number of rotatable bonds is 8. The van der Waals surface area contributed by atoms with E-state index in [1.165, 1.54) is 12.8 Å². The molecule has 0 aromatic carbocycles. The fourth-order valence-electron chi connectivity index (χ4n) is 1.17. The molecule has 0 aliphatic heterocycles. The first-order chi connectivity index (χ1) is 7.07. The second kappa shape index (κ2) is 8.48. The van der Waals surface area contributed by atoms with Gasteiger partial charge >= 0.3 is 5.97 Å². The maximum Gasteiger partial charge on any atom is 0.333 e. The highest BCUT2D eigenvalue weighted by Gasteiger charge is 2.09. The molecule has 0 amide bonds. The van der Waals surface area contributed by atoms with Gasteiger partial charge in [0.2, 0.25) is 0 Å². The minimum atomic E-state index is -0.609. The standard InChI is InChI=1S/C12H22O3/c1-4-5-6-7-8-10(2)12(14)15-9-11(3)13/h11,13H,2,4-9H2,1,3H3. The van der Waals surface area contributed by atoms with Crippen molar-refractivity contribution in [2.75, 3.05) is 6.61 Å². The molecule has 0 rings (SSSR count). The second-order valence-electron chi connectivity index (χ2n) is 3.86. The summed E-state index contributed by atoms with van der Waals surface area (Å²) in [7, 11) is 0. The minimum Gasteiger partial charge on any atom is -0.460 e. The van der Waals surface area contributed by atoms with Crippen LogP contribution in [0.25, 0.3) is 0 Å². The highest BCUT2D eigenvalue weighted by molar-refractivity contribution is 5.87. The predicted octanol–water partition coefficient (Wildman–Crippen LogP) is 2.44. The number of ether oxygens (including phenoxy) is 1. The molecule has 1 unspecified atom stereocenters. The third-order valence-electron chi connectivity index (χ3n) is 2.08. The van der Waals surface area contributed by atoms with Gasteiger partial charge < -0.3 is 9.84 Å². The second-order valence-corrected chi connectivity index (χ2v) is 3.86. The maximum atomic E-state index is 11.3. The van der Waals surface area contributed by atoms with Crippen LogP contribution in [0.4, 0.5) is 0 Å². The summed E-state index contributed by atoms with van der Waals surface area (Å²) in [5, 5.41) is 8.92. The average Bonchev–Trinajstić information content (AvgIpc) is 2.20. The Kier molecular flexibility index (Phi) is 8.01. The molecule has 0 aliphatic carbocycles. The number of carbonyl (C=O) groups excluding carboxylic acids is 1. The first kappa shape index (κ1) is 14.2. The Balaban J connectivity index is 3.56. The lowest BCUT2D eigenvalue weighted by Crippen LogP contribution is -2.16. The van der Waals surface area contributed by atoms with Gasteiger partial charge in [0.15, 0.2) is 0 Å². The van der Waals surface area contributed by atoms with Crippen molar-refractivity contribution in [1.29, 1.82) is 0 Å². The quantitative estimate of drug-likeness (QED) is 0.383. The summed E-state index contributed by atoms with van der Waals surface area (Å²) in [6, 6.07) is 0. The van der Waals surface area contributed by atoms with E-state index >= 15 is 0 Å². The van der Waals surface area contributed by atoms with E-state index < -0.39 is 6.10 Å². The Hall–Kier alpha value is -0.830. The SMILES string of the molecule is C=C(CCCCCC)C(=O)OCC(C)O. The van der Waals surface area contributed by atoms with Crippen LogP contribution in [0.1, 0.15) is 46.0 Å². The molecular formula is C12H22O3. The molecular weight excluding hydrogens is 192 g/mol. The van der Waals surface area contributed by atoms with Crippen LogP contribution in [0.5, 0.6) is 0 Å². The largest absolute Gasteiger partial charge is 0.460 e. The molecule has 1 N–H and O–H groups in total. The highest BCUT2D eigenvalue weighted by atomic mass is 16.5. The minimum absolute atomic E-state index is 0.0484. The third kappa shape index (κ3) is 8.18. The predicted molar refractivity (Wildman–Crippen MR) is 60.5 cm³/mol. The van der Waals surface area contributed by atoms with E-state index in [1.54, 1.807) is 6.92 Å². The number of aliphatic hydroxyl groups excluding tert-OH is 1. The lowest BCUT2D eigenvalue weighted by molar-refractivity contribution is -0.141. The zero-order valence-electron chi connectivity index (χ0n) is 9.79. The lowest BCUT2D eigenvalue weighted by Gasteiger charge is -2.08. The molecule has 88 valence electrons. The first-order valence-corrected chi connectivity index (χ1v) is 5.60. The summed E-state index contributed by atoms with van der Waals surface area (Å²) in [4.78, 5) is 11.3. The summed E-state index contributed by atoms with van der Waals surface area (Å²) in [5.41, 5.74) is 0.506. The molecule has 0 heterocycles. The van der Waals surface area contributed by atoms with Gasteiger partial charge in [0, 0.05) is 5.57 Å². The fourth-order valence-corrected chi connectivity index (χ4v) is 1.17. The maximum absolute atomic E-state index is 11.3. The van der Waals surface area contributed by atoms with Crippen molar-refractivity contribution in [3.8, 4) is 0 Å². The Morgan fingerprint density at radius 2 is 2.07 bits per heavy atom. The van der Waals surface area contributed by atoms with Crippen molar-refractivity contribution in [3.63, 3.8) is 0 Å². The van der Waals surface area contributed by atoms with Crippen LogP contribution in [-0.2, 0) is 9.53 Å². The summed E-state index contributed by atoms with van der Waals surface area (Å²) >= 11 is 0. The van der Waals surface area contributed by atoms with Crippen molar-refractivity contribution < 1.29 is 14.6 Å². The van der Waals surface area contributed by atoms with E-state index in [9.17, 15) is 4.79 Å². The Morgan fingerprint density at radius 3 is 2.60 bits per heavy atom. The number of esters is 1. The normalized spacial score (nSPS) is 12.2. The van der Waals surface area contributed by atoms with Gasteiger partial charge in [-0.1, -0.05) is 32.8 Å². The molecule has 15 heavy (non-hydrogen) atoms. The molecule has 0 aromatic heterocycles. The molecule has 0 aliphatic rings. The fraction of sp³-hybridized carbons (Fsp3) is 0.750. The summed E-state index contributed by atoms with van der Waals surface area (Å²) in [5.74, 6) is -0.382. The number of aliphatic hydroxyl groups is 1. The van der Waals surface area contributed by atoms with Gasteiger partial charge in [0.05, 0.1) is 6.10 Å². The van der Waals surface area contributed by atoms with Gasteiger partial charge in [-0.05, 0) is 19.8 Å². The topological polar surface area (TPSA) is 46.5 Å². The van der Waals surface area contributed by atoms with Crippen LogP contribution in [0, 0.1) is 0 Å². The summed E-state index contributed by atoms with van der Waals surface area (Å²) in [6.07, 6.45) is 4.56. The van der Waals surface area contributed by atoms with E-state index in [0.29, 0.717) is 12.0 Å². The van der Waals surface area contributed by atoms with Crippen LogP contribution in [-0.4, -0.2) is 23.8 Å². The molecule has 0 saturated heterocycles. The van der Waals surface area contributed by atoms with Gasteiger partial charge in [0.1, 0.15) is 6.61 Å². The van der Waals surface area contributed by atoms with Crippen LogP contribution in [0.2, 0.25) is 0 Å². The lowest BCUT2D eigenvalue weighted by atomic mass is 10.1. The molecule has 0 bridgehead atoms. The first-order valence-electron chi connectivity index (χ1n) is 5.60. The van der Waals surface area contributed by atoms with E-state index in [2.05, 4.69) is 13.5 Å². The summed E-state index contributed by atoms with van der Waals surface area (Å²) in [6.45, 7) is 7.45. The molecule has 1 atom stereocenters. The third-order valence-corrected chi connectivity index (χ3v) is 2.08. The zero-order chi connectivity index (χ0) is 11.7. The van der Waals surface area contributed by atoms with Crippen molar-refractivity contribution in [1.82, 2.24) is 0 Å². The molecule has 0 aromatic rings. The van der Waals surface area contributed by atoms with Crippen LogP contribution in [0.3, 0.4) is 0 Å². The van der Waals surface area contributed by atoms with E-state index in [1.807, 2.05) is 0 Å². The van der Waals surface area contributed by atoms with Gasteiger partial charge in [-0.15, -0.1) is 0 Å². The van der Waals surface area contributed by atoms with Crippen LogP contribution < -0.4 is 0 Å². The van der Waals surface area contributed by atoms with Crippen molar-refractivity contribution in [2.24, 2.45) is 0 Å². The van der Waals surface area contributed by atoms with Crippen molar-refractivity contribution in [3.05, 3.63) is 12.2 Å².